The number of hydrogen-bond donors (Lipinski definition) is 0. The summed E-state index contributed by atoms with van der Waals surface area (Å²) in [5.74, 6) is -0.0207. The van der Waals surface area contributed by atoms with Gasteiger partial charge in [-0.15, -0.1) is 0 Å². The molecule has 2 fully saturated rings. The van der Waals surface area contributed by atoms with E-state index in [0.717, 1.165) is 37.8 Å². The molecule has 1 aliphatic carbocycles. The molecule has 8 heteroatoms. The Bertz CT molecular complexity index is 690. The van der Waals surface area contributed by atoms with Gasteiger partial charge in [0.25, 0.3) is 0 Å². The number of carbonyl (C=O) groups is 1. The molecule has 0 unspecified atom stereocenters. The summed E-state index contributed by atoms with van der Waals surface area (Å²) in [6.07, 6.45) is -0.446. The van der Waals surface area contributed by atoms with Crippen LogP contribution >= 0.6 is 11.6 Å². The van der Waals surface area contributed by atoms with Gasteiger partial charge in [0.05, 0.1) is 18.7 Å². The molecule has 1 heterocycles. The monoisotopic (exact) mass is 404 g/mol. The van der Waals surface area contributed by atoms with Crippen LogP contribution < -0.4 is 0 Å². The fourth-order valence-corrected chi connectivity index (χ4v) is 4.37. The maximum Gasteiger partial charge on any atom is 0.416 e. The molecular formula is C19H24ClF3N2O2. The number of piperazine rings is 1. The second-order valence-electron chi connectivity index (χ2n) is 7.40. The Balaban J connectivity index is 1.84. The average molecular weight is 405 g/mol. The third-order valence-electron chi connectivity index (χ3n) is 5.67. The molecule has 1 aliphatic heterocycles. The van der Waals surface area contributed by atoms with E-state index in [-0.39, 0.29) is 24.5 Å². The van der Waals surface area contributed by atoms with Crippen molar-refractivity contribution in [3.8, 4) is 0 Å². The first-order valence-corrected chi connectivity index (χ1v) is 9.50. The van der Waals surface area contributed by atoms with Crippen molar-refractivity contribution in [2.45, 2.75) is 43.9 Å². The summed E-state index contributed by atoms with van der Waals surface area (Å²) in [5, 5.41) is 0.297. The van der Waals surface area contributed by atoms with Crippen molar-refractivity contribution in [3.63, 3.8) is 0 Å². The lowest BCUT2D eigenvalue weighted by molar-refractivity contribution is -0.145. The molecule has 0 aromatic heterocycles. The van der Waals surface area contributed by atoms with Crippen molar-refractivity contribution >= 4 is 17.5 Å². The summed E-state index contributed by atoms with van der Waals surface area (Å²) in [6, 6.07) is 3.38. The Kier molecular flexibility index (Phi) is 6.03. The van der Waals surface area contributed by atoms with Crippen LogP contribution in [0.5, 0.6) is 0 Å². The highest BCUT2D eigenvalue weighted by Gasteiger charge is 2.46. The number of alkyl halides is 3. The Hall–Kier alpha value is -1.31. The van der Waals surface area contributed by atoms with Gasteiger partial charge in [0.15, 0.2) is 0 Å². The fraction of sp³-hybridized carbons (Fsp3) is 0.632. The highest BCUT2D eigenvalue weighted by Crippen LogP contribution is 2.40. The van der Waals surface area contributed by atoms with Crippen molar-refractivity contribution in [1.29, 1.82) is 0 Å². The van der Waals surface area contributed by atoms with Gasteiger partial charge in [-0.05, 0) is 36.6 Å². The molecule has 1 saturated heterocycles. The molecule has 0 N–H and O–H groups in total. The zero-order chi connectivity index (χ0) is 19.7. The molecule has 1 aromatic carbocycles. The van der Waals surface area contributed by atoms with Crippen molar-refractivity contribution in [3.05, 3.63) is 34.3 Å². The van der Waals surface area contributed by atoms with Gasteiger partial charge < -0.3 is 9.64 Å². The maximum atomic E-state index is 13.1. The van der Waals surface area contributed by atoms with Crippen LogP contribution in [0.3, 0.4) is 0 Å². The van der Waals surface area contributed by atoms with Crippen LogP contribution in [0.4, 0.5) is 13.2 Å². The van der Waals surface area contributed by atoms with E-state index in [9.17, 15) is 18.0 Å². The maximum absolute atomic E-state index is 13.1. The predicted molar refractivity (Wildman–Crippen MR) is 96.5 cm³/mol. The molecule has 3 rings (SSSR count). The Morgan fingerprint density at radius 2 is 1.96 bits per heavy atom. The predicted octanol–water partition coefficient (Wildman–Crippen LogP) is 3.96. The lowest BCUT2D eigenvalue weighted by Gasteiger charge is -2.49. The van der Waals surface area contributed by atoms with Crippen LogP contribution in [0, 0.1) is 0 Å². The highest BCUT2D eigenvalue weighted by atomic mass is 35.5. The molecule has 0 atom stereocenters. The summed E-state index contributed by atoms with van der Waals surface area (Å²) < 4.78 is 44.3. The van der Waals surface area contributed by atoms with E-state index < -0.39 is 11.7 Å². The minimum atomic E-state index is -4.42. The van der Waals surface area contributed by atoms with Crippen molar-refractivity contribution in [1.82, 2.24) is 9.80 Å². The van der Waals surface area contributed by atoms with Crippen LogP contribution in [0.15, 0.2) is 18.2 Å². The number of benzene rings is 1. The van der Waals surface area contributed by atoms with Gasteiger partial charge in [-0.25, -0.2) is 0 Å². The van der Waals surface area contributed by atoms with Crippen molar-refractivity contribution in [2.24, 2.45) is 0 Å². The van der Waals surface area contributed by atoms with Gasteiger partial charge >= 0.3 is 6.18 Å². The lowest BCUT2D eigenvalue weighted by atomic mass is 9.90. The van der Waals surface area contributed by atoms with E-state index in [0.29, 0.717) is 30.3 Å². The molecule has 4 nitrogen and oxygen atoms in total. The lowest BCUT2D eigenvalue weighted by Crippen LogP contribution is -2.63. The number of ether oxygens (including phenoxy) is 1. The van der Waals surface area contributed by atoms with E-state index in [4.69, 9.17) is 16.3 Å². The molecule has 0 bridgehead atoms. The molecule has 0 radical (unpaired) electrons. The van der Waals surface area contributed by atoms with E-state index in [1.54, 1.807) is 7.11 Å². The van der Waals surface area contributed by atoms with Gasteiger partial charge in [0, 0.05) is 37.3 Å². The van der Waals surface area contributed by atoms with Crippen LogP contribution in [-0.2, 0) is 22.3 Å². The highest BCUT2D eigenvalue weighted by molar-refractivity contribution is 6.31. The second kappa shape index (κ2) is 7.97. The first-order valence-electron chi connectivity index (χ1n) is 9.12. The summed E-state index contributed by atoms with van der Waals surface area (Å²) in [5.41, 5.74) is -0.498. The average Bonchev–Trinajstić information content (AvgIpc) is 3.07. The third kappa shape index (κ3) is 4.41. The number of amides is 1. The van der Waals surface area contributed by atoms with Gasteiger partial charge in [-0.1, -0.05) is 24.4 Å². The van der Waals surface area contributed by atoms with Crippen LogP contribution in [0.25, 0.3) is 0 Å². The zero-order valence-electron chi connectivity index (χ0n) is 15.3. The molecule has 27 heavy (non-hydrogen) atoms. The molecule has 1 aromatic rings. The van der Waals surface area contributed by atoms with E-state index >= 15 is 0 Å². The fourth-order valence-electron chi connectivity index (χ4n) is 4.19. The molecule has 1 spiro atoms. The minimum absolute atomic E-state index is 0.0207. The summed E-state index contributed by atoms with van der Waals surface area (Å²) in [4.78, 5) is 16.4. The largest absolute Gasteiger partial charge is 0.416 e. The van der Waals surface area contributed by atoms with Crippen LogP contribution in [0.2, 0.25) is 5.02 Å². The van der Waals surface area contributed by atoms with Crippen LogP contribution in [0.1, 0.15) is 36.8 Å². The van der Waals surface area contributed by atoms with Gasteiger partial charge in [-0.2, -0.15) is 13.2 Å². The standard InChI is InChI=1S/C19H24ClF3N2O2/c1-27-9-8-24-13-18(6-2-3-7-18)25(12-17(24)26)11-14-10-15(19(21,22)23)4-5-16(14)20/h4-5,10H,2-3,6-9,11-13H2,1H3. The van der Waals surface area contributed by atoms with E-state index in [1.165, 1.54) is 6.07 Å². The number of methoxy groups -OCH3 is 1. The first-order chi connectivity index (χ1) is 12.7. The Morgan fingerprint density at radius 3 is 2.59 bits per heavy atom. The molecule has 1 amide bonds. The molecule has 1 saturated carbocycles. The number of hydrogen-bond acceptors (Lipinski definition) is 3. The van der Waals surface area contributed by atoms with E-state index in [2.05, 4.69) is 0 Å². The third-order valence-corrected chi connectivity index (χ3v) is 6.04. The molecule has 150 valence electrons. The van der Waals surface area contributed by atoms with Crippen LogP contribution in [-0.4, -0.2) is 54.6 Å². The molecular weight excluding hydrogens is 381 g/mol. The Labute approximate surface area is 162 Å². The Morgan fingerprint density at radius 1 is 1.26 bits per heavy atom. The molecule has 2 aliphatic rings. The quantitative estimate of drug-likeness (QED) is 0.744. The number of rotatable bonds is 5. The number of nitrogens with zero attached hydrogens (tertiary/aromatic N) is 2. The van der Waals surface area contributed by atoms with Gasteiger partial charge in [0.1, 0.15) is 0 Å². The minimum Gasteiger partial charge on any atom is -0.383 e. The normalized spacial score (nSPS) is 20.6. The summed E-state index contributed by atoms with van der Waals surface area (Å²) in [6.45, 7) is 2.03. The topological polar surface area (TPSA) is 32.8 Å². The van der Waals surface area contributed by atoms with Crippen molar-refractivity contribution < 1.29 is 22.7 Å². The van der Waals surface area contributed by atoms with Gasteiger partial charge in [-0.3, -0.25) is 9.69 Å². The number of carbonyl (C=O) groups excluding carboxylic acids is 1. The summed E-state index contributed by atoms with van der Waals surface area (Å²) >= 11 is 6.19. The zero-order valence-corrected chi connectivity index (χ0v) is 16.1. The second-order valence-corrected chi connectivity index (χ2v) is 7.81. The SMILES string of the molecule is COCCN1CC2(CCCC2)N(Cc2cc(C(F)(F)F)ccc2Cl)CC1=O. The van der Waals surface area contributed by atoms with E-state index in [1.807, 2.05) is 9.80 Å². The van der Waals surface area contributed by atoms with Crippen molar-refractivity contribution in [2.75, 3.05) is 33.4 Å². The first kappa shape index (κ1) is 20.4. The smallest absolute Gasteiger partial charge is 0.383 e. The van der Waals surface area contributed by atoms with Gasteiger partial charge in [0.2, 0.25) is 5.91 Å². The number of halogens is 4. The summed E-state index contributed by atoms with van der Waals surface area (Å²) in [7, 11) is 1.60.